The number of carboxylic acids is 4. The summed E-state index contributed by atoms with van der Waals surface area (Å²) >= 11 is 0. The highest BCUT2D eigenvalue weighted by Crippen LogP contribution is 2.40. The number of rotatable bonds is 16. The Morgan fingerprint density at radius 2 is 1.00 bits per heavy atom. The van der Waals surface area contributed by atoms with E-state index in [1.54, 1.807) is 0 Å². The van der Waals surface area contributed by atoms with E-state index in [2.05, 4.69) is 6.92 Å². The first-order chi connectivity index (χ1) is 17.6. The number of unbranched alkanes of at least 4 members (excludes halogenated alkanes) is 7. The second-order valence-corrected chi connectivity index (χ2v) is 9.18. The monoisotopic (exact) mass is 516 g/mol. The van der Waals surface area contributed by atoms with Crippen molar-refractivity contribution in [2.75, 3.05) is 6.67 Å². The van der Waals surface area contributed by atoms with Gasteiger partial charge < -0.3 is 20.4 Å². The highest BCUT2D eigenvalue weighted by molar-refractivity contribution is 6.02. The van der Waals surface area contributed by atoms with Gasteiger partial charge in [-0.1, -0.05) is 70.4 Å². The molecule has 0 amide bonds. The van der Waals surface area contributed by atoms with E-state index in [9.17, 15) is 39.6 Å². The molecule has 0 aliphatic heterocycles. The molecule has 0 aromatic heterocycles. The van der Waals surface area contributed by atoms with Gasteiger partial charge in [-0.3, -0.25) is 0 Å². The van der Waals surface area contributed by atoms with E-state index in [-0.39, 0.29) is 17.5 Å². The van der Waals surface area contributed by atoms with Gasteiger partial charge in [-0.2, -0.15) is 0 Å². The Balaban J connectivity index is 2.55. The number of hydrogen-bond donors (Lipinski definition) is 4. The van der Waals surface area contributed by atoms with Crippen LogP contribution in [0.25, 0.3) is 0 Å². The zero-order chi connectivity index (χ0) is 27.6. The largest absolute Gasteiger partial charge is 0.478 e. The van der Waals surface area contributed by atoms with Crippen LogP contribution in [0.1, 0.15) is 117 Å². The molecule has 0 aliphatic rings. The molecular weight excluding hydrogens is 483 g/mol. The molecule has 0 aliphatic carbocycles. The van der Waals surface area contributed by atoms with Crippen LogP contribution in [0.2, 0.25) is 0 Å². The minimum absolute atomic E-state index is 0.180. The lowest BCUT2D eigenvalue weighted by Crippen LogP contribution is -2.32. The Bertz CT molecular complexity index is 1070. The normalized spacial score (nSPS) is 11.3. The Labute approximate surface area is 214 Å². The predicted molar refractivity (Wildman–Crippen MR) is 135 cm³/mol. The molecule has 0 bridgehead atoms. The van der Waals surface area contributed by atoms with Gasteiger partial charge in [0.05, 0.1) is 22.3 Å². The van der Waals surface area contributed by atoms with Gasteiger partial charge in [-0.15, -0.1) is 0 Å². The molecule has 2 aromatic rings. The van der Waals surface area contributed by atoms with Crippen molar-refractivity contribution in [2.24, 2.45) is 0 Å². The molecule has 37 heavy (non-hydrogen) atoms. The van der Waals surface area contributed by atoms with Gasteiger partial charge in [0.2, 0.25) is 0 Å². The fourth-order valence-corrected chi connectivity index (χ4v) is 4.65. The van der Waals surface area contributed by atoms with E-state index in [0.717, 1.165) is 62.8 Å². The summed E-state index contributed by atoms with van der Waals surface area (Å²) in [5, 5.41) is 38.0. The summed E-state index contributed by atoms with van der Waals surface area (Å²) in [6.45, 7) is 1.11. The summed E-state index contributed by atoms with van der Waals surface area (Å²) in [6.07, 6.45) is 7.99. The van der Waals surface area contributed by atoms with Crippen molar-refractivity contribution in [1.82, 2.24) is 0 Å². The topological polar surface area (TPSA) is 149 Å². The van der Waals surface area contributed by atoms with Crippen molar-refractivity contribution in [3.8, 4) is 0 Å². The zero-order valence-electron chi connectivity index (χ0n) is 20.8. The molecule has 2 aromatic carbocycles. The van der Waals surface area contributed by atoms with E-state index < -0.39 is 58.2 Å². The van der Waals surface area contributed by atoms with Gasteiger partial charge in [0.25, 0.3) is 0 Å². The van der Waals surface area contributed by atoms with Gasteiger partial charge in [0.15, 0.2) is 0 Å². The van der Waals surface area contributed by atoms with E-state index >= 15 is 4.39 Å². The lowest BCUT2D eigenvalue weighted by atomic mass is 9.70. The lowest BCUT2D eigenvalue weighted by molar-refractivity contribution is 0.0651. The Kier molecular flexibility index (Phi) is 10.8. The Morgan fingerprint density at radius 3 is 1.35 bits per heavy atom. The van der Waals surface area contributed by atoms with Crippen molar-refractivity contribution >= 4 is 23.9 Å². The molecule has 0 atom stereocenters. The minimum Gasteiger partial charge on any atom is -0.478 e. The minimum atomic E-state index is -1.50. The molecule has 0 heterocycles. The second-order valence-electron chi connectivity index (χ2n) is 9.18. The smallest absolute Gasteiger partial charge is 0.336 e. The summed E-state index contributed by atoms with van der Waals surface area (Å²) in [6, 6.07) is 7.10. The van der Waals surface area contributed by atoms with E-state index in [0.29, 0.717) is 6.42 Å². The van der Waals surface area contributed by atoms with Gasteiger partial charge in [0.1, 0.15) is 6.67 Å². The molecule has 0 spiro atoms. The second kappa shape index (κ2) is 13.5. The number of halogens is 1. The van der Waals surface area contributed by atoms with Gasteiger partial charge >= 0.3 is 23.9 Å². The van der Waals surface area contributed by atoms with E-state index in [4.69, 9.17) is 0 Å². The number of alkyl halides is 1. The SMILES string of the molecule is CCCCCCCCCCC(CF)(c1ccc(C(=O)O)c(C(=O)O)c1)c1ccc(C(=O)O)c(C(=O)O)c1. The van der Waals surface area contributed by atoms with Crippen LogP contribution in [0.4, 0.5) is 4.39 Å². The van der Waals surface area contributed by atoms with E-state index in [1.807, 2.05) is 0 Å². The van der Waals surface area contributed by atoms with E-state index in [1.165, 1.54) is 18.6 Å². The maximum Gasteiger partial charge on any atom is 0.336 e. The fraction of sp³-hybridized carbons (Fsp3) is 0.429. The van der Waals surface area contributed by atoms with Gasteiger partial charge in [0, 0.05) is 5.41 Å². The standard InChI is InChI=1S/C28H33FO8/c1-2-3-4-5-6-7-8-9-14-28(17-29,18-10-12-20(24(30)31)22(15-18)26(34)35)19-11-13-21(25(32)33)23(16-19)27(36)37/h10-13,15-16H,2-9,14,17H2,1H3,(H,30,31)(H,32,33)(H,34,35)(H,36,37). The average Bonchev–Trinajstić information content (AvgIpc) is 2.87. The van der Waals surface area contributed by atoms with Crippen LogP contribution in [0.5, 0.6) is 0 Å². The molecule has 0 radical (unpaired) electrons. The maximum atomic E-state index is 15.1. The van der Waals surface area contributed by atoms with Crippen LogP contribution in [-0.4, -0.2) is 51.0 Å². The fourth-order valence-electron chi connectivity index (χ4n) is 4.65. The zero-order valence-corrected chi connectivity index (χ0v) is 20.8. The number of carbonyl (C=O) groups is 4. The van der Waals surface area contributed by atoms with Gasteiger partial charge in [-0.05, 0) is 41.8 Å². The lowest BCUT2D eigenvalue weighted by Gasteiger charge is -2.33. The molecule has 8 nitrogen and oxygen atoms in total. The molecule has 200 valence electrons. The molecule has 2 rings (SSSR count). The number of benzene rings is 2. The third kappa shape index (κ3) is 7.15. The predicted octanol–water partition coefficient (Wildman–Crippen LogP) is 6.27. The van der Waals surface area contributed by atoms with Crippen LogP contribution >= 0.6 is 0 Å². The molecule has 0 saturated heterocycles. The summed E-state index contributed by atoms with van der Waals surface area (Å²) in [7, 11) is 0. The molecule has 4 N–H and O–H groups in total. The third-order valence-electron chi connectivity index (χ3n) is 6.75. The van der Waals surface area contributed by atoms with Crippen molar-refractivity contribution in [3.05, 3.63) is 69.8 Å². The maximum absolute atomic E-state index is 15.1. The van der Waals surface area contributed by atoms with Crippen LogP contribution in [-0.2, 0) is 5.41 Å². The summed E-state index contributed by atoms with van der Waals surface area (Å²) in [5.74, 6) is -5.88. The quantitative estimate of drug-likeness (QED) is 0.191. The molecule has 9 heteroatoms. The van der Waals surface area contributed by atoms with Crippen molar-refractivity contribution < 1.29 is 44.0 Å². The molecule has 0 saturated carbocycles. The third-order valence-corrected chi connectivity index (χ3v) is 6.75. The van der Waals surface area contributed by atoms with Crippen LogP contribution in [0.3, 0.4) is 0 Å². The Hall–Kier alpha value is -3.75. The van der Waals surface area contributed by atoms with Gasteiger partial charge in [-0.25, -0.2) is 23.6 Å². The molecule has 0 unspecified atom stereocenters. The first-order valence-electron chi connectivity index (χ1n) is 12.4. The molecule has 0 fully saturated rings. The summed E-state index contributed by atoms with van der Waals surface area (Å²) in [4.78, 5) is 46.7. The number of hydrogen-bond acceptors (Lipinski definition) is 4. The van der Waals surface area contributed by atoms with Crippen molar-refractivity contribution in [1.29, 1.82) is 0 Å². The highest BCUT2D eigenvalue weighted by Gasteiger charge is 2.37. The van der Waals surface area contributed by atoms with Crippen LogP contribution < -0.4 is 0 Å². The van der Waals surface area contributed by atoms with Crippen molar-refractivity contribution in [2.45, 2.75) is 70.1 Å². The van der Waals surface area contributed by atoms with Crippen LogP contribution in [0.15, 0.2) is 36.4 Å². The summed E-state index contributed by atoms with van der Waals surface area (Å²) < 4.78 is 15.1. The van der Waals surface area contributed by atoms with Crippen LogP contribution in [0, 0.1) is 0 Å². The first-order valence-corrected chi connectivity index (χ1v) is 12.4. The number of aromatic carboxylic acids is 4. The first kappa shape index (κ1) is 29.5. The van der Waals surface area contributed by atoms with Crippen molar-refractivity contribution in [3.63, 3.8) is 0 Å². The number of carboxylic acid groups (broad SMARTS) is 4. The highest BCUT2D eigenvalue weighted by atomic mass is 19.1. The average molecular weight is 517 g/mol. The summed E-state index contributed by atoms with van der Waals surface area (Å²) in [5.41, 5.74) is -3.07. The Morgan fingerprint density at radius 1 is 0.622 bits per heavy atom. The molecular formula is C28H33FO8.